The molecule has 3 nitrogen and oxygen atoms in total. The zero-order chi connectivity index (χ0) is 12.3. The Labute approximate surface area is 107 Å². The number of hydrogen-bond acceptors (Lipinski definition) is 2. The first-order valence-electron chi connectivity index (χ1n) is 5.47. The second-order valence-electron chi connectivity index (χ2n) is 4.10. The van der Waals surface area contributed by atoms with E-state index < -0.39 is 0 Å². The molecule has 0 aromatic carbocycles. The van der Waals surface area contributed by atoms with E-state index in [-0.39, 0.29) is 0 Å². The normalized spacial score (nSPS) is 13.4. The molecule has 0 N–H and O–H groups in total. The maximum absolute atomic E-state index is 6.28. The molecule has 1 heterocycles. The maximum atomic E-state index is 6.28. The van der Waals surface area contributed by atoms with E-state index in [9.17, 15) is 0 Å². The van der Waals surface area contributed by atoms with Gasteiger partial charge in [0, 0.05) is 25.5 Å². The molecule has 1 aromatic rings. The standard InChI is InChI=1S/C11H19Cl2N3/c1-5-9-11(13)10(16(4)14-9)7-15(3)8(2)6-12/h8H,5-7H2,1-4H3. The number of hydrogen-bond donors (Lipinski definition) is 0. The van der Waals surface area contributed by atoms with Crippen LogP contribution >= 0.6 is 23.2 Å². The van der Waals surface area contributed by atoms with Crippen LogP contribution in [0.15, 0.2) is 0 Å². The molecule has 16 heavy (non-hydrogen) atoms. The SMILES string of the molecule is CCc1nn(C)c(CN(C)C(C)CCl)c1Cl. The highest BCUT2D eigenvalue weighted by atomic mass is 35.5. The highest BCUT2D eigenvalue weighted by Crippen LogP contribution is 2.22. The van der Waals surface area contributed by atoms with Crippen LogP contribution in [0.5, 0.6) is 0 Å². The fourth-order valence-electron chi connectivity index (χ4n) is 1.50. The van der Waals surface area contributed by atoms with Crippen molar-refractivity contribution in [3.8, 4) is 0 Å². The summed E-state index contributed by atoms with van der Waals surface area (Å²) in [4.78, 5) is 2.18. The third kappa shape index (κ3) is 2.90. The fourth-order valence-corrected chi connectivity index (χ4v) is 2.09. The van der Waals surface area contributed by atoms with Crippen LogP contribution in [-0.4, -0.2) is 33.6 Å². The van der Waals surface area contributed by atoms with Gasteiger partial charge in [-0.15, -0.1) is 11.6 Å². The lowest BCUT2D eigenvalue weighted by molar-refractivity contribution is 0.261. The van der Waals surface area contributed by atoms with Crippen molar-refractivity contribution in [2.45, 2.75) is 32.9 Å². The summed E-state index contributed by atoms with van der Waals surface area (Å²) in [5.41, 5.74) is 2.02. The van der Waals surface area contributed by atoms with Gasteiger partial charge in [0.2, 0.25) is 0 Å². The predicted molar refractivity (Wildman–Crippen MR) is 69.2 cm³/mol. The molecule has 0 saturated heterocycles. The zero-order valence-electron chi connectivity index (χ0n) is 10.3. The molecule has 0 aliphatic rings. The Balaban J connectivity index is 2.84. The Morgan fingerprint density at radius 2 is 2.12 bits per heavy atom. The summed E-state index contributed by atoms with van der Waals surface area (Å²) in [5, 5.41) is 5.18. The number of halogens is 2. The van der Waals surface area contributed by atoms with Gasteiger partial charge in [0.15, 0.2) is 0 Å². The monoisotopic (exact) mass is 263 g/mol. The van der Waals surface area contributed by atoms with Crippen molar-refractivity contribution in [3.63, 3.8) is 0 Å². The summed E-state index contributed by atoms with van der Waals surface area (Å²) in [6.07, 6.45) is 0.863. The fraction of sp³-hybridized carbons (Fsp3) is 0.727. The van der Waals surface area contributed by atoms with E-state index in [1.165, 1.54) is 0 Å². The summed E-state index contributed by atoms with van der Waals surface area (Å²) in [5.74, 6) is 0.618. The Morgan fingerprint density at radius 3 is 2.56 bits per heavy atom. The van der Waals surface area contributed by atoms with Crippen LogP contribution in [0.4, 0.5) is 0 Å². The van der Waals surface area contributed by atoms with Crippen molar-refractivity contribution >= 4 is 23.2 Å². The summed E-state index contributed by atoms with van der Waals surface area (Å²) >= 11 is 12.1. The highest BCUT2D eigenvalue weighted by Gasteiger charge is 2.16. The highest BCUT2D eigenvalue weighted by molar-refractivity contribution is 6.31. The Hall–Kier alpha value is -0.250. The zero-order valence-corrected chi connectivity index (χ0v) is 11.8. The topological polar surface area (TPSA) is 21.1 Å². The van der Waals surface area contributed by atoms with Crippen molar-refractivity contribution in [1.82, 2.24) is 14.7 Å². The Kier molecular flexibility index (Phi) is 5.09. The van der Waals surface area contributed by atoms with Crippen LogP contribution in [0.2, 0.25) is 5.02 Å². The molecule has 5 heteroatoms. The first kappa shape index (κ1) is 13.8. The molecule has 0 aliphatic heterocycles. The van der Waals surface area contributed by atoms with Crippen molar-refractivity contribution < 1.29 is 0 Å². The minimum Gasteiger partial charge on any atom is -0.297 e. The van der Waals surface area contributed by atoms with Gasteiger partial charge in [0.05, 0.1) is 16.4 Å². The Morgan fingerprint density at radius 1 is 1.50 bits per heavy atom. The van der Waals surface area contributed by atoms with Gasteiger partial charge in [-0.25, -0.2) is 0 Å². The van der Waals surface area contributed by atoms with Gasteiger partial charge in [0.25, 0.3) is 0 Å². The van der Waals surface area contributed by atoms with Crippen LogP contribution in [-0.2, 0) is 20.0 Å². The predicted octanol–water partition coefficient (Wildman–Crippen LogP) is 2.70. The number of aryl methyl sites for hydroxylation is 2. The maximum Gasteiger partial charge on any atom is 0.0863 e. The molecular formula is C11H19Cl2N3. The minimum absolute atomic E-state index is 0.331. The van der Waals surface area contributed by atoms with Gasteiger partial charge in [-0.3, -0.25) is 9.58 Å². The summed E-state index contributed by atoms with van der Waals surface area (Å²) < 4.78 is 1.86. The second-order valence-corrected chi connectivity index (χ2v) is 4.79. The molecule has 0 bridgehead atoms. The second kappa shape index (κ2) is 5.89. The van der Waals surface area contributed by atoms with E-state index in [0.29, 0.717) is 11.9 Å². The molecule has 1 aromatic heterocycles. The molecule has 0 aliphatic carbocycles. The molecule has 0 spiro atoms. The first-order valence-corrected chi connectivity index (χ1v) is 6.38. The van der Waals surface area contributed by atoms with Crippen molar-refractivity contribution in [2.24, 2.45) is 7.05 Å². The molecule has 0 saturated carbocycles. The van der Waals surface area contributed by atoms with Crippen LogP contribution in [0.1, 0.15) is 25.2 Å². The molecule has 1 atom stereocenters. The smallest absolute Gasteiger partial charge is 0.0863 e. The van der Waals surface area contributed by atoms with Gasteiger partial charge in [0.1, 0.15) is 0 Å². The molecular weight excluding hydrogens is 245 g/mol. The van der Waals surface area contributed by atoms with Gasteiger partial charge in [-0.05, 0) is 20.4 Å². The average molecular weight is 264 g/mol. The van der Waals surface area contributed by atoms with Crippen LogP contribution in [0, 0.1) is 0 Å². The van der Waals surface area contributed by atoms with Crippen molar-refractivity contribution in [2.75, 3.05) is 12.9 Å². The number of alkyl halides is 1. The first-order chi connectivity index (χ1) is 7.51. The lowest BCUT2D eigenvalue weighted by Gasteiger charge is -2.22. The van der Waals surface area contributed by atoms with E-state index in [2.05, 4.69) is 23.8 Å². The van der Waals surface area contributed by atoms with E-state index >= 15 is 0 Å². The Bertz CT molecular complexity index is 349. The van der Waals surface area contributed by atoms with Gasteiger partial charge in [-0.2, -0.15) is 5.10 Å². The summed E-state index contributed by atoms with van der Waals surface area (Å²) in [6, 6.07) is 0.331. The molecule has 0 radical (unpaired) electrons. The van der Waals surface area contributed by atoms with Crippen molar-refractivity contribution in [1.29, 1.82) is 0 Å². The number of rotatable bonds is 5. The lowest BCUT2D eigenvalue weighted by atomic mass is 10.2. The van der Waals surface area contributed by atoms with Gasteiger partial charge in [-0.1, -0.05) is 18.5 Å². The van der Waals surface area contributed by atoms with Crippen LogP contribution < -0.4 is 0 Å². The molecule has 1 rings (SSSR count). The molecule has 0 fully saturated rings. The largest absolute Gasteiger partial charge is 0.297 e. The molecule has 1 unspecified atom stereocenters. The summed E-state index contributed by atoms with van der Waals surface area (Å²) in [6.45, 7) is 4.93. The molecule has 92 valence electrons. The van der Waals surface area contributed by atoms with E-state index in [1.807, 2.05) is 18.8 Å². The summed E-state index contributed by atoms with van der Waals surface area (Å²) in [7, 11) is 3.97. The minimum atomic E-state index is 0.331. The average Bonchev–Trinajstić information content (AvgIpc) is 2.55. The van der Waals surface area contributed by atoms with E-state index in [0.717, 1.165) is 29.4 Å². The van der Waals surface area contributed by atoms with Crippen LogP contribution in [0.25, 0.3) is 0 Å². The molecule has 0 amide bonds. The number of nitrogens with zero attached hydrogens (tertiary/aromatic N) is 3. The van der Waals surface area contributed by atoms with Gasteiger partial charge >= 0.3 is 0 Å². The van der Waals surface area contributed by atoms with E-state index in [1.54, 1.807) is 0 Å². The van der Waals surface area contributed by atoms with Crippen LogP contribution in [0.3, 0.4) is 0 Å². The van der Waals surface area contributed by atoms with Crippen molar-refractivity contribution in [3.05, 3.63) is 16.4 Å². The third-order valence-electron chi connectivity index (χ3n) is 2.88. The number of aromatic nitrogens is 2. The van der Waals surface area contributed by atoms with E-state index in [4.69, 9.17) is 23.2 Å². The van der Waals surface area contributed by atoms with Gasteiger partial charge < -0.3 is 0 Å². The third-order valence-corrected chi connectivity index (χ3v) is 3.76. The lowest BCUT2D eigenvalue weighted by Crippen LogP contribution is -2.30. The quantitative estimate of drug-likeness (QED) is 0.762.